The van der Waals surface area contributed by atoms with Crippen molar-refractivity contribution in [2.45, 2.75) is 65.3 Å². The monoisotopic (exact) mass is 477 g/mol. The summed E-state index contributed by atoms with van der Waals surface area (Å²) in [5.41, 5.74) is 1.15. The van der Waals surface area contributed by atoms with Gasteiger partial charge in [0.25, 0.3) is 5.91 Å². The Morgan fingerprint density at radius 2 is 2.09 bits per heavy atom. The molecule has 2 heterocycles. The normalized spacial score (nSPS) is 23.5. The Morgan fingerprint density at radius 1 is 1.31 bits per heavy atom. The molecule has 1 amide bonds. The maximum absolute atomic E-state index is 13.7. The number of Topliss-reactive ketones (excluding diaryl/α,β-unsaturated/α-hetero) is 2. The van der Waals surface area contributed by atoms with Crippen LogP contribution in [0.3, 0.4) is 0 Å². The number of H-pyrrole nitrogens is 1. The fourth-order valence-electron chi connectivity index (χ4n) is 5.61. The number of aromatic amines is 1. The zero-order valence-corrected chi connectivity index (χ0v) is 21.1. The van der Waals surface area contributed by atoms with Gasteiger partial charge < -0.3 is 14.6 Å². The van der Waals surface area contributed by atoms with Crippen LogP contribution in [-0.2, 0) is 9.59 Å². The first kappa shape index (κ1) is 25.0. The van der Waals surface area contributed by atoms with Gasteiger partial charge in [-0.3, -0.25) is 14.4 Å². The number of carbonyl (C=O) groups excluding carboxylic acids is 3. The van der Waals surface area contributed by atoms with Crippen LogP contribution >= 0.6 is 0 Å². The van der Waals surface area contributed by atoms with Crippen molar-refractivity contribution in [2.75, 3.05) is 13.7 Å². The van der Waals surface area contributed by atoms with Gasteiger partial charge >= 0.3 is 0 Å². The van der Waals surface area contributed by atoms with Crippen LogP contribution in [0.15, 0.2) is 24.3 Å². The zero-order chi connectivity index (χ0) is 25.3. The summed E-state index contributed by atoms with van der Waals surface area (Å²) >= 11 is 0. The molecule has 4 atom stereocenters. The van der Waals surface area contributed by atoms with Crippen LogP contribution in [0, 0.1) is 34.5 Å². The number of nitriles is 1. The van der Waals surface area contributed by atoms with Crippen molar-refractivity contribution in [3.63, 3.8) is 0 Å². The lowest BCUT2D eigenvalue weighted by Crippen LogP contribution is -2.41. The van der Waals surface area contributed by atoms with Crippen molar-refractivity contribution < 1.29 is 19.1 Å². The van der Waals surface area contributed by atoms with Gasteiger partial charge in [0.05, 0.1) is 25.1 Å². The molecule has 1 saturated carbocycles. The predicted octanol–water partition coefficient (Wildman–Crippen LogP) is 4.91. The smallest absolute Gasteiger partial charge is 0.270 e. The molecule has 186 valence electrons. The molecule has 7 heteroatoms. The van der Waals surface area contributed by atoms with Crippen LogP contribution in [0.1, 0.15) is 69.8 Å². The van der Waals surface area contributed by atoms with Gasteiger partial charge in [-0.15, -0.1) is 0 Å². The van der Waals surface area contributed by atoms with Gasteiger partial charge in [-0.1, -0.05) is 26.8 Å². The Balaban J connectivity index is 1.56. The first-order valence-corrected chi connectivity index (χ1v) is 12.5. The van der Waals surface area contributed by atoms with Crippen LogP contribution in [0.4, 0.5) is 0 Å². The van der Waals surface area contributed by atoms with Crippen molar-refractivity contribution in [2.24, 2.45) is 23.2 Å². The number of likely N-dealkylation sites (tertiary alicyclic amines) is 1. The van der Waals surface area contributed by atoms with E-state index in [4.69, 9.17) is 4.74 Å². The van der Waals surface area contributed by atoms with E-state index in [0.717, 1.165) is 23.7 Å². The number of fused-ring (bicyclic) bond motifs is 1. The molecule has 1 aliphatic carbocycles. The summed E-state index contributed by atoms with van der Waals surface area (Å²) in [6.07, 6.45) is 3.33. The minimum absolute atomic E-state index is 0.0673. The standard InChI is InChI=1S/C28H35N3O4/c1-28(2,3)19-13-23(25(33)12-17(15-29)11-18-7-5-9-24(18)32)31(16-19)27(34)22-14-20-21(30-22)8-6-10-26(20)35-4/h6,8,10,14,17-19,23,30H,5,7,9,11-13,16H2,1-4H3/t17-,18+,19-,23+/m1/s1. The highest BCUT2D eigenvalue weighted by atomic mass is 16.5. The van der Waals surface area contributed by atoms with E-state index in [1.54, 1.807) is 18.1 Å². The lowest BCUT2D eigenvalue weighted by Gasteiger charge is -2.26. The average Bonchev–Trinajstić information content (AvgIpc) is 3.55. The third-order valence-corrected chi connectivity index (χ3v) is 7.86. The fourth-order valence-corrected chi connectivity index (χ4v) is 5.61. The number of hydrogen-bond donors (Lipinski definition) is 1. The molecule has 1 saturated heterocycles. The second kappa shape index (κ2) is 9.85. The quantitative estimate of drug-likeness (QED) is 0.610. The van der Waals surface area contributed by atoms with Crippen molar-refractivity contribution >= 4 is 28.4 Å². The molecular formula is C28H35N3O4. The van der Waals surface area contributed by atoms with Crippen LogP contribution in [-0.4, -0.2) is 47.1 Å². The minimum atomic E-state index is -0.574. The molecule has 1 aliphatic heterocycles. The van der Waals surface area contributed by atoms with E-state index >= 15 is 0 Å². The third-order valence-electron chi connectivity index (χ3n) is 7.86. The number of amides is 1. The van der Waals surface area contributed by atoms with Gasteiger partial charge in [0.1, 0.15) is 17.2 Å². The molecule has 35 heavy (non-hydrogen) atoms. The molecule has 0 bridgehead atoms. The number of nitrogens with one attached hydrogen (secondary N) is 1. The molecule has 1 N–H and O–H groups in total. The van der Waals surface area contributed by atoms with Gasteiger partial charge in [-0.2, -0.15) is 5.26 Å². The molecule has 4 rings (SSSR count). The molecule has 1 aromatic carbocycles. The summed E-state index contributed by atoms with van der Waals surface area (Å²) in [4.78, 5) is 44.1. The molecule has 0 radical (unpaired) electrons. The van der Waals surface area contributed by atoms with Crippen LogP contribution in [0.2, 0.25) is 0 Å². The summed E-state index contributed by atoms with van der Waals surface area (Å²) < 4.78 is 5.43. The molecule has 2 aliphatic rings. The third kappa shape index (κ3) is 5.12. The largest absolute Gasteiger partial charge is 0.496 e. The highest BCUT2D eigenvalue weighted by Crippen LogP contribution is 2.39. The number of hydrogen-bond acceptors (Lipinski definition) is 5. The Hall–Kier alpha value is -3.14. The summed E-state index contributed by atoms with van der Waals surface area (Å²) in [6.45, 7) is 6.88. The summed E-state index contributed by atoms with van der Waals surface area (Å²) in [5.74, 6) is 0.130. The fraction of sp³-hybridized carbons (Fsp3) is 0.571. The molecule has 2 aromatic rings. The van der Waals surface area contributed by atoms with Gasteiger partial charge in [-0.05, 0) is 55.2 Å². The molecular weight excluding hydrogens is 442 g/mol. The number of ketones is 2. The number of methoxy groups -OCH3 is 1. The maximum atomic E-state index is 13.7. The summed E-state index contributed by atoms with van der Waals surface area (Å²) in [5, 5.41) is 10.5. The van der Waals surface area contributed by atoms with Crippen molar-refractivity contribution in [1.82, 2.24) is 9.88 Å². The van der Waals surface area contributed by atoms with Crippen LogP contribution in [0.5, 0.6) is 5.75 Å². The van der Waals surface area contributed by atoms with Crippen molar-refractivity contribution in [3.05, 3.63) is 30.0 Å². The molecule has 7 nitrogen and oxygen atoms in total. The maximum Gasteiger partial charge on any atom is 0.270 e. The summed E-state index contributed by atoms with van der Waals surface area (Å²) in [7, 11) is 1.59. The van der Waals surface area contributed by atoms with E-state index in [-0.39, 0.29) is 41.1 Å². The van der Waals surface area contributed by atoms with E-state index in [0.29, 0.717) is 37.3 Å². The molecule has 1 aromatic heterocycles. The highest BCUT2D eigenvalue weighted by molar-refractivity contribution is 6.02. The molecule has 0 unspecified atom stereocenters. The van der Waals surface area contributed by atoms with Gasteiger partial charge in [0.2, 0.25) is 0 Å². The van der Waals surface area contributed by atoms with E-state index in [2.05, 4.69) is 31.8 Å². The highest BCUT2D eigenvalue weighted by Gasteiger charge is 2.44. The number of rotatable bonds is 7. The second-order valence-electron chi connectivity index (χ2n) is 11.2. The van der Waals surface area contributed by atoms with E-state index in [1.807, 2.05) is 18.2 Å². The van der Waals surface area contributed by atoms with Gasteiger partial charge in [0.15, 0.2) is 5.78 Å². The van der Waals surface area contributed by atoms with Crippen LogP contribution in [0.25, 0.3) is 10.9 Å². The van der Waals surface area contributed by atoms with E-state index in [9.17, 15) is 19.6 Å². The van der Waals surface area contributed by atoms with E-state index < -0.39 is 12.0 Å². The number of ether oxygens (including phenoxy) is 1. The SMILES string of the molecule is COc1cccc2[nH]c(C(=O)N3C[C@H](C(C)(C)C)C[C@H]3C(=O)C[C@H](C#N)C[C@@H]3CCCC3=O)cc12. The van der Waals surface area contributed by atoms with Crippen molar-refractivity contribution in [1.29, 1.82) is 5.26 Å². The van der Waals surface area contributed by atoms with Gasteiger partial charge in [-0.25, -0.2) is 0 Å². The predicted molar refractivity (Wildman–Crippen MR) is 133 cm³/mol. The van der Waals surface area contributed by atoms with Crippen LogP contribution < -0.4 is 4.74 Å². The average molecular weight is 478 g/mol. The number of aromatic nitrogens is 1. The Morgan fingerprint density at radius 3 is 2.71 bits per heavy atom. The molecule has 0 spiro atoms. The number of benzene rings is 1. The topological polar surface area (TPSA) is 103 Å². The Bertz CT molecular complexity index is 1170. The zero-order valence-electron chi connectivity index (χ0n) is 21.1. The molecule has 2 fully saturated rings. The Labute approximate surface area is 206 Å². The number of carbonyl (C=O) groups is 3. The first-order valence-electron chi connectivity index (χ1n) is 12.5. The number of nitrogens with zero attached hydrogens (tertiary/aromatic N) is 2. The Kier molecular flexibility index (Phi) is 7.02. The lowest BCUT2D eigenvalue weighted by atomic mass is 9.78. The first-order chi connectivity index (χ1) is 16.6. The second-order valence-corrected chi connectivity index (χ2v) is 11.2. The summed E-state index contributed by atoms with van der Waals surface area (Å²) in [6, 6.07) is 9.06. The van der Waals surface area contributed by atoms with Crippen molar-refractivity contribution in [3.8, 4) is 11.8 Å². The van der Waals surface area contributed by atoms with E-state index in [1.165, 1.54) is 0 Å². The lowest BCUT2D eigenvalue weighted by molar-refractivity contribution is -0.124. The minimum Gasteiger partial charge on any atom is -0.496 e. The van der Waals surface area contributed by atoms with Gasteiger partial charge in [0, 0.05) is 36.2 Å².